The molecular formula is C26H34N6O. The Morgan fingerprint density at radius 2 is 1.97 bits per heavy atom. The highest BCUT2D eigenvalue weighted by Gasteiger charge is 2.23. The minimum atomic E-state index is 0.0946. The average molecular weight is 447 g/mol. The number of hydrogen-bond acceptors (Lipinski definition) is 6. The molecule has 1 aromatic carbocycles. The Kier molecular flexibility index (Phi) is 6.58. The van der Waals surface area contributed by atoms with Gasteiger partial charge in [0.25, 0.3) is 0 Å². The zero-order valence-electron chi connectivity index (χ0n) is 19.7. The van der Waals surface area contributed by atoms with E-state index >= 15 is 0 Å². The van der Waals surface area contributed by atoms with Gasteiger partial charge in [0.1, 0.15) is 11.4 Å². The summed E-state index contributed by atoms with van der Waals surface area (Å²) in [6.07, 6.45) is 12.2. The minimum Gasteiger partial charge on any atom is -0.495 e. The lowest BCUT2D eigenvalue weighted by Crippen LogP contribution is -2.47. The van der Waals surface area contributed by atoms with Crippen LogP contribution in [0.2, 0.25) is 0 Å². The van der Waals surface area contributed by atoms with Crippen LogP contribution in [0.15, 0.2) is 48.9 Å². The van der Waals surface area contributed by atoms with E-state index in [1.54, 1.807) is 19.5 Å². The summed E-state index contributed by atoms with van der Waals surface area (Å²) in [4.78, 5) is 6.75. The minimum absolute atomic E-state index is 0.0946. The number of nitrogens with one attached hydrogen (secondary N) is 1. The molecule has 7 heteroatoms. The lowest BCUT2D eigenvalue weighted by atomic mass is 9.85. The van der Waals surface area contributed by atoms with Crippen LogP contribution in [0.1, 0.15) is 50.6 Å². The molecule has 33 heavy (non-hydrogen) atoms. The van der Waals surface area contributed by atoms with Gasteiger partial charge in [-0.15, -0.1) is 5.10 Å². The molecule has 5 rings (SSSR count). The third-order valence-electron chi connectivity index (χ3n) is 7.23. The predicted molar refractivity (Wildman–Crippen MR) is 131 cm³/mol. The van der Waals surface area contributed by atoms with Crippen LogP contribution in [0.4, 0.5) is 5.69 Å². The van der Waals surface area contributed by atoms with Gasteiger partial charge in [0.05, 0.1) is 25.5 Å². The number of aromatic nitrogens is 4. The number of pyridine rings is 1. The Morgan fingerprint density at radius 3 is 2.73 bits per heavy atom. The van der Waals surface area contributed by atoms with Crippen LogP contribution in [0, 0.1) is 5.92 Å². The normalized spacial score (nSPS) is 19.8. The lowest BCUT2D eigenvalue weighted by Gasteiger charge is -2.36. The van der Waals surface area contributed by atoms with E-state index in [-0.39, 0.29) is 6.04 Å². The van der Waals surface area contributed by atoms with E-state index in [1.165, 1.54) is 49.9 Å². The summed E-state index contributed by atoms with van der Waals surface area (Å²) in [5.41, 5.74) is 4.21. The lowest BCUT2D eigenvalue weighted by molar-refractivity contribution is 0.280. The topological polar surface area (TPSA) is 68.1 Å². The number of benzene rings is 1. The molecular weight excluding hydrogens is 412 g/mol. The van der Waals surface area contributed by atoms with E-state index in [4.69, 9.17) is 4.74 Å². The Bertz CT molecular complexity index is 1040. The highest BCUT2D eigenvalue weighted by Crippen LogP contribution is 2.28. The summed E-state index contributed by atoms with van der Waals surface area (Å²) in [7, 11) is 1.64. The molecule has 0 amide bonds. The van der Waals surface area contributed by atoms with E-state index < -0.39 is 0 Å². The second-order valence-electron chi connectivity index (χ2n) is 9.46. The van der Waals surface area contributed by atoms with E-state index in [0.29, 0.717) is 11.8 Å². The van der Waals surface area contributed by atoms with Gasteiger partial charge in [0.15, 0.2) is 0 Å². The van der Waals surface area contributed by atoms with Crippen molar-refractivity contribution in [1.82, 2.24) is 25.3 Å². The smallest absolute Gasteiger partial charge is 0.137 e. The molecule has 3 aromatic rings. The summed E-state index contributed by atoms with van der Waals surface area (Å²) >= 11 is 0. The summed E-state index contributed by atoms with van der Waals surface area (Å²) in [5, 5.41) is 12.5. The summed E-state index contributed by atoms with van der Waals surface area (Å²) in [6.45, 7) is 5.58. The third kappa shape index (κ3) is 5.03. The first-order chi connectivity index (χ1) is 16.2. The van der Waals surface area contributed by atoms with E-state index in [1.807, 2.05) is 16.9 Å². The molecule has 1 saturated carbocycles. The van der Waals surface area contributed by atoms with Gasteiger partial charge >= 0.3 is 0 Å². The van der Waals surface area contributed by atoms with Crippen molar-refractivity contribution in [3.05, 3.63) is 54.5 Å². The fraction of sp³-hybridized carbons (Fsp3) is 0.500. The molecule has 174 valence electrons. The van der Waals surface area contributed by atoms with Gasteiger partial charge in [-0.05, 0) is 68.8 Å². The predicted octanol–water partition coefficient (Wildman–Crippen LogP) is 4.32. The molecule has 2 aliphatic rings. The molecule has 2 fully saturated rings. The van der Waals surface area contributed by atoms with Gasteiger partial charge in [-0.25, -0.2) is 4.68 Å². The fourth-order valence-electron chi connectivity index (χ4n) is 4.79. The Labute approximate surface area is 196 Å². The van der Waals surface area contributed by atoms with Crippen LogP contribution in [0.25, 0.3) is 11.3 Å². The van der Waals surface area contributed by atoms with Crippen molar-refractivity contribution in [2.24, 2.45) is 5.92 Å². The van der Waals surface area contributed by atoms with Crippen LogP contribution in [0.3, 0.4) is 0 Å². The van der Waals surface area contributed by atoms with Crippen molar-refractivity contribution in [1.29, 1.82) is 0 Å². The van der Waals surface area contributed by atoms with Gasteiger partial charge in [-0.3, -0.25) is 4.98 Å². The molecule has 2 aromatic heterocycles. The maximum atomic E-state index is 5.27. The van der Waals surface area contributed by atoms with Crippen LogP contribution in [0.5, 0.6) is 5.75 Å². The third-order valence-corrected chi connectivity index (χ3v) is 7.23. The first-order valence-corrected chi connectivity index (χ1v) is 12.2. The maximum absolute atomic E-state index is 5.27. The second-order valence-corrected chi connectivity index (χ2v) is 9.46. The monoisotopic (exact) mass is 446 g/mol. The Balaban J connectivity index is 1.22. The van der Waals surface area contributed by atoms with Gasteiger partial charge < -0.3 is 15.0 Å². The Morgan fingerprint density at radius 1 is 1.12 bits per heavy atom. The van der Waals surface area contributed by atoms with Crippen LogP contribution in [-0.2, 0) is 0 Å². The SMILES string of the molecule is COc1cncc(-c2cn(C(C)c3ccc(N4CCCC(NCC5CCC5)C4)cc3)nn2)c1. The number of rotatable bonds is 8. The van der Waals surface area contributed by atoms with Crippen LogP contribution < -0.4 is 15.0 Å². The highest BCUT2D eigenvalue weighted by atomic mass is 16.5. The second kappa shape index (κ2) is 9.91. The van der Waals surface area contributed by atoms with Gasteiger partial charge in [0, 0.05) is 36.6 Å². The maximum Gasteiger partial charge on any atom is 0.137 e. The van der Waals surface area contributed by atoms with E-state index in [9.17, 15) is 0 Å². The molecule has 1 saturated heterocycles. The number of ether oxygens (including phenoxy) is 1. The zero-order chi connectivity index (χ0) is 22.6. The molecule has 2 unspecified atom stereocenters. The summed E-state index contributed by atoms with van der Waals surface area (Å²) in [5.74, 6) is 1.63. The largest absolute Gasteiger partial charge is 0.495 e. The highest BCUT2D eigenvalue weighted by molar-refractivity contribution is 5.58. The van der Waals surface area contributed by atoms with Crippen molar-refractivity contribution in [3.63, 3.8) is 0 Å². The molecule has 7 nitrogen and oxygen atoms in total. The average Bonchev–Trinajstić information content (AvgIpc) is 3.33. The summed E-state index contributed by atoms with van der Waals surface area (Å²) < 4.78 is 7.18. The standard InChI is InChI=1S/C26H34N6O/c1-19(32-18-26(29-30-32)22-13-25(33-2)16-27-15-22)21-8-10-24(11-9-21)31-12-4-7-23(17-31)28-14-20-5-3-6-20/h8-11,13,15-16,18-20,23,28H,3-7,12,14,17H2,1-2H3. The van der Waals surface area contributed by atoms with Crippen LogP contribution >= 0.6 is 0 Å². The number of nitrogens with zero attached hydrogens (tertiary/aromatic N) is 5. The quantitative estimate of drug-likeness (QED) is 0.556. The van der Waals surface area contributed by atoms with E-state index in [2.05, 4.69) is 56.7 Å². The first kappa shape index (κ1) is 21.9. The number of methoxy groups -OCH3 is 1. The molecule has 0 radical (unpaired) electrons. The number of anilines is 1. The first-order valence-electron chi connectivity index (χ1n) is 12.2. The molecule has 0 spiro atoms. The van der Waals surface area contributed by atoms with Gasteiger partial charge in [0.2, 0.25) is 0 Å². The van der Waals surface area contributed by atoms with Crippen molar-refractivity contribution < 1.29 is 4.74 Å². The van der Waals surface area contributed by atoms with Gasteiger partial charge in [-0.2, -0.15) is 0 Å². The molecule has 0 bridgehead atoms. The van der Waals surface area contributed by atoms with E-state index in [0.717, 1.165) is 30.3 Å². The molecule has 3 heterocycles. The van der Waals surface area contributed by atoms with Crippen LogP contribution in [-0.4, -0.2) is 52.8 Å². The van der Waals surface area contributed by atoms with Crippen molar-refractivity contribution >= 4 is 5.69 Å². The van der Waals surface area contributed by atoms with Crippen molar-refractivity contribution in [2.75, 3.05) is 31.6 Å². The molecule has 1 N–H and O–H groups in total. The van der Waals surface area contributed by atoms with Crippen molar-refractivity contribution in [2.45, 2.75) is 51.1 Å². The van der Waals surface area contributed by atoms with Crippen molar-refractivity contribution in [3.8, 4) is 17.0 Å². The summed E-state index contributed by atoms with van der Waals surface area (Å²) in [6, 6.07) is 11.6. The van der Waals surface area contributed by atoms with Gasteiger partial charge in [-0.1, -0.05) is 23.8 Å². The molecule has 1 aliphatic carbocycles. The molecule has 2 atom stereocenters. The fourth-order valence-corrected chi connectivity index (χ4v) is 4.79. The number of hydrogen-bond donors (Lipinski definition) is 1. The zero-order valence-corrected chi connectivity index (χ0v) is 19.7. The molecule has 1 aliphatic heterocycles. The number of piperidine rings is 1. The Hall–Kier alpha value is -2.93.